The normalized spacial score (nSPS) is 22.7. The van der Waals surface area contributed by atoms with Crippen LogP contribution < -0.4 is 10.6 Å². The van der Waals surface area contributed by atoms with E-state index in [1.807, 2.05) is 0 Å². The Labute approximate surface area is 143 Å². The van der Waals surface area contributed by atoms with Crippen molar-refractivity contribution in [3.63, 3.8) is 0 Å². The number of hydrogen-bond donors (Lipinski definition) is 2. The molecule has 1 aromatic rings. The molecule has 0 spiro atoms. The maximum absolute atomic E-state index is 4.71. The Hall–Kier alpha value is -1.17. The van der Waals surface area contributed by atoms with Gasteiger partial charge in [0.25, 0.3) is 0 Å². The van der Waals surface area contributed by atoms with Gasteiger partial charge >= 0.3 is 0 Å². The summed E-state index contributed by atoms with van der Waals surface area (Å²) in [4.78, 5) is 4.69. The molecule has 1 aliphatic heterocycles. The molecule has 0 bridgehead atoms. The Bertz CT molecular complexity index is 501. The molecular weight excluding hydrogens is 306 g/mol. The number of aliphatic imine (C=N–C) groups is 1. The minimum absolute atomic E-state index is 0.610. The minimum atomic E-state index is 0.610. The predicted octanol–water partition coefficient (Wildman–Crippen LogP) is 2.95. The van der Waals surface area contributed by atoms with Gasteiger partial charge in [0, 0.05) is 24.5 Å². The van der Waals surface area contributed by atoms with Gasteiger partial charge in [-0.25, -0.2) is 4.99 Å². The zero-order valence-corrected chi connectivity index (χ0v) is 14.9. The average Bonchev–Trinajstić information content (AvgIpc) is 3.32. The van der Waals surface area contributed by atoms with Crippen molar-refractivity contribution in [2.75, 3.05) is 18.8 Å². The highest BCUT2D eigenvalue weighted by Crippen LogP contribution is 2.28. The quantitative estimate of drug-likeness (QED) is 0.620. The van der Waals surface area contributed by atoms with Crippen LogP contribution in [0.25, 0.3) is 0 Å². The third-order valence-corrected chi connectivity index (χ3v) is 6.03. The third kappa shape index (κ3) is 4.90. The lowest BCUT2D eigenvalue weighted by Gasteiger charge is -2.14. The number of thioether (sulfide) groups is 1. The van der Waals surface area contributed by atoms with Crippen LogP contribution in [0.2, 0.25) is 0 Å². The van der Waals surface area contributed by atoms with Gasteiger partial charge in [-0.15, -0.1) is 0 Å². The largest absolute Gasteiger partial charge is 0.357 e. The predicted molar refractivity (Wildman–Crippen MR) is 98.0 cm³/mol. The van der Waals surface area contributed by atoms with E-state index in [-0.39, 0.29) is 0 Å². The molecule has 2 fully saturated rings. The Balaban J connectivity index is 1.52. The van der Waals surface area contributed by atoms with Crippen molar-refractivity contribution in [2.24, 2.45) is 4.99 Å². The zero-order valence-electron chi connectivity index (χ0n) is 14.1. The first kappa shape index (κ1) is 16.7. The van der Waals surface area contributed by atoms with Gasteiger partial charge in [0.15, 0.2) is 5.96 Å². The summed E-state index contributed by atoms with van der Waals surface area (Å²) < 4.78 is 2.15. The number of aromatic nitrogens is 2. The number of hydrogen-bond acceptors (Lipinski definition) is 3. The smallest absolute Gasteiger partial charge is 0.191 e. The second kappa shape index (κ2) is 8.62. The summed E-state index contributed by atoms with van der Waals surface area (Å²) in [5.74, 6) is 2.22. The molecule has 128 valence electrons. The molecule has 1 aliphatic carbocycles. The molecule has 23 heavy (non-hydrogen) atoms. The van der Waals surface area contributed by atoms with Gasteiger partial charge in [0.1, 0.15) is 0 Å². The first-order valence-corrected chi connectivity index (χ1v) is 10.1. The molecule has 0 radical (unpaired) electrons. The highest BCUT2D eigenvalue weighted by atomic mass is 32.2. The first-order valence-electron chi connectivity index (χ1n) is 9.03. The molecule has 3 rings (SSSR count). The SMILES string of the molecule is CCNC(=NCc1ccn(C2CCCC2)n1)NCC1CCCS1. The molecule has 2 N–H and O–H groups in total. The van der Waals surface area contributed by atoms with Gasteiger partial charge in [0.05, 0.1) is 18.3 Å². The van der Waals surface area contributed by atoms with Crippen LogP contribution in [0.5, 0.6) is 0 Å². The lowest BCUT2D eigenvalue weighted by atomic mass is 10.2. The number of rotatable bonds is 6. The molecule has 1 unspecified atom stereocenters. The van der Waals surface area contributed by atoms with Crippen molar-refractivity contribution in [2.45, 2.75) is 63.3 Å². The van der Waals surface area contributed by atoms with Crippen molar-refractivity contribution in [3.05, 3.63) is 18.0 Å². The Morgan fingerprint density at radius 3 is 2.91 bits per heavy atom. The molecule has 1 atom stereocenters. The van der Waals surface area contributed by atoms with Gasteiger partial charge in [-0.05, 0) is 44.4 Å². The van der Waals surface area contributed by atoms with Gasteiger partial charge < -0.3 is 10.6 Å². The third-order valence-electron chi connectivity index (χ3n) is 4.63. The lowest BCUT2D eigenvalue weighted by molar-refractivity contribution is 0.463. The summed E-state index contributed by atoms with van der Waals surface area (Å²) in [7, 11) is 0. The maximum Gasteiger partial charge on any atom is 0.191 e. The highest BCUT2D eigenvalue weighted by Gasteiger charge is 2.18. The van der Waals surface area contributed by atoms with Crippen molar-refractivity contribution < 1.29 is 0 Å². The van der Waals surface area contributed by atoms with Gasteiger partial charge in [-0.2, -0.15) is 16.9 Å². The van der Waals surface area contributed by atoms with Crippen LogP contribution in [0.1, 0.15) is 57.2 Å². The van der Waals surface area contributed by atoms with E-state index in [1.165, 1.54) is 44.3 Å². The van der Waals surface area contributed by atoms with Crippen LogP contribution in [-0.2, 0) is 6.54 Å². The van der Waals surface area contributed by atoms with Crippen LogP contribution >= 0.6 is 11.8 Å². The van der Waals surface area contributed by atoms with E-state index < -0.39 is 0 Å². The molecular formula is C17H29N5S. The van der Waals surface area contributed by atoms with E-state index in [9.17, 15) is 0 Å². The van der Waals surface area contributed by atoms with E-state index in [2.05, 4.69) is 46.3 Å². The van der Waals surface area contributed by atoms with Crippen molar-refractivity contribution >= 4 is 17.7 Å². The molecule has 5 nitrogen and oxygen atoms in total. The summed E-state index contributed by atoms with van der Waals surface area (Å²) in [5.41, 5.74) is 1.06. The Morgan fingerprint density at radius 1 is 1.30 bits per heavy atom. The van der Waals surface area contributed by atoms with Crippen molar-refractivity contribution in [1.82, 2.24) is 20.4 Å². The molecule has 1 aromatic heterocycles. The summed E-state index contributed by atoms with van der Waals surface area (Å²) in [6, 6.07) is 2.72. The average molecular weight is 336 g/mol. The van der Waals surface area contributed by atoms with Crippen molar-refractivity contribution in [1.29, 1.82) is 0 Å². The lowest BCUT2D eigenvalue weighted by Crippen LogP contribution is -2.40. The first-order chi connectivity index (χ1) is 11.3. The number of nitrogens with one attached hydrogen (secondary N) is 2. The topological polar surface area (TPSA) is 54.2 Å². The zero-order chi connectivity index (χ0) is 15.9. The van der Waals surface area contributed by atoms with Gasteiger partial charge in [0.2, 0.25) is 0 Å². The van der Waals surface area contributed by atoms with E-state index in [0.29, 0.717) is 12.6 Å². The fraction of sp³-hybridized carbons (Fsp3) is 0.765. The summed E-state index contributed by atoms with van der Waals surface area (Å²) in [6.07, 6.45) is 10.0. The van der Waals surface area contributed by atoms with Crippen LogP contribution in [0.4, 0.5) is 0 Å². The molecule has 0 aromatic carbocycles. The Kier molecular flexibility index (Phi) is 6.25. The van der Waals surface area contributed by atoms with E-state index in [1.54, 1.807) is 0 Å². The standard InChI is InChI=1S/C17H29N5S/c1-2-18-17(20-13-16-8-5-11-23-16)19-12-14-9-10-22(21-14)15-6-3-4-7-15/h9-10,15-16H,2-8,11-13H2,1H3,(H2,18,19,20). The molecule has 1 saturated carbocycles. The minimum Gasteiger partial charge on any atom is -0.357 e. The van der Waals surface area contributed by atoms with Gasteiger partial charge in [-0.3, -0.25) is 4.68 Å². The summed E-state index contributed by atoms with van der Waals surface area (Å²) in [5, 5.41) is 12.3. The van der Waals surface area contributed by atoms with E-state index in [4.69, 9.17) is 10.1 Å². The molecule has 6 heteroatoms. The maximum atomic E-state index is 4.71. The van der Waals surface area contributed by atoms with Crippen molar-refractivity contribution in [3.8, 4) is 0 Å². The number of nitrogens with zero attached hydrogens (tertiary/aromatic N) is 3. The van der Waals surface area contributed by atoms with E-state index >= 15 is 0 Å². The fourth-order valence-electron chi connectivity index (χ4n) is 3.35. The molecule has 1 saturated heterocycles. The van der Waals surface area contributed by atoms with Crippen LogP contribution in [-0.4, -0.2) is 39.8 Å². The fourth-order valence-corrected chi connectivity index (χ4v) is 4.55. The monoisotopic (exact) mass is 335 g/mol. The number of guanidine groups is 1. The molecule has 0 amide bonds. The summed E-state index contributed by atoms with van der Waals surface area (Å²) >= 11 is 2.07. The second-order valence-corrected chi connectivity index (χ2v) is 7.84. The summed E-state index contributed by atoms with van der Waals surface area (Å²) in [6.45, 7) is 4.65. The van der Waals surface area contributed by atoms with E-state index in [0.717, 1.165) is 30.0 Å². The molecule has 2 heterocycles. The highest BCUT2D eigenvalue weighted by molar-refractivity contribution is 8.00. The van der Waals surface area contributed by atoms with Crippen LogP contribution in [0, 0.1) is 0 Å². The van der Waals surface area contributed by atoms with Crippen LogP contribution in [0.15, 0.2) is 17.3 Å². The second-order valence-electron chi connectivity index (χ2n) is 6.44. The Morgan fingerprint density at radius 2 is 2.17 bits per heavy atom. The van der Waals surface area contributed by atoms with Gasteiger partial charge in [-0.1, -0.05) is 12.8 Å². The molecule has 2 aliphatic rings. The van der Waals surface area contributed by atoms with Crippen LogP contribution in [0.3, 0.4) is 0 Å².